The number of nitrogens with one attached hydrogen (secondary N) is 4. The number of β-amino-alcohol motifs (C(OH)–C–C–N with tert-alkyl or cyclic N) is 1. The summed E-state index contributed by atoms with van der Waals surface area (Å²) >= 11 is 1.57. The molecule has 1 saturated heterocycles. The summed E-state index contributed by atoms with van der Waals surface area (Å²) in [6.07, 6.45) is 4.12. The summed E-state index contributed by atoms with van der Waals surface area (Å²) in [4.78, 5) is 64.5. The fourth-order valence-corrected chi connectivity index (χ4v) is 8.18. The van der Waals surface area contributed by atoms with E-state index in [1.807, 2.05) is 81.7 Å². The molecule has 19 heteroatoms. The van der Waals surface area contributed by atoms with E-state index in [1.54, 1.807) is 46.7 Å². The standard InChI is InChI=1S/C46H54N10O8S/c1-29-39(65-28-51-29)32-9-7-30(8-10-32)23-48-43(60)37-22-34(57)26-55(37)44(61)40(46(2,3)4)53-38(58)15-18-62-20-21-63-19-16-47-42(59)33-13-11-31(12-14-33)36-25-50-45(56-27-52-54-41(36)56)49-24-35-6-5-17-64-35/h5-14,17,25,27-28,34,37,40,57H,15-16,18-24,26H2,1-4H3,(H,47,59)(H,48,60)(H,49,50)(H,53,58). The number of aromatic nitrogens is 5. The van der Waals surface area contributed by atoms with E-state index >= 15 is 0 Å². The van der Waals surface area contributed by atoms with Gasteiger partial charge >= 0.3 is 0 Å². The Kier molecular flexibility index (Phi) is 15.3. The van der Waals surface area contributed by atoms with Gasteiger partial charge in [-0.25, -0.2) is 9.97 Å². The predicted molar refractivity (Wildman–Crippen MR) is 242 cm³/mol. The summed E-state index contributed by atoms with van der Waals surface area (Å²) in [7, 11) is 0. The molecule has 5 N–H and O–H groups in total. The second-order valence-electron chi connectivity index (χ2n) is 16.7. The van der Waals surface area contributed by atoms with E-state index in [2.05, 4.69) is 41.4 Å². The third kappa shape index (κ3) is 12.0. The van der Waals surface area contributed by atoms with Crippen LogP contribution in [0.3, 0.4) is 0 Å². The van der Waals surface area contributed by atoms with Gasteiger partial charge in [0.25, 0.3) is 5.91 Å². The lowest BCUT2D eigenvalue weighted by molar-refractivity contribution is -0.144. The van der Waals surface area contributed by atoms with Crippen LogP contribution in [0, 0.1) is 12.3 Å². The molecule has 5 heterocycles. The monoisotopic (exact) mass is 906 g/mol. The van der Waals surface area contributed by atoms with Gasteiger partial charge in [-0.15, -0.1) is 21.5 Å². The number of furan rings is 1. The third-order valence-corrected chi connectivity index (χ3v) is 11.9. The number of benzene rings is 2. The Morgan fingerprint density at radius 2 is 1.69 bits per heavy atom. The highest BCUT2D eigenvalue weighted by Crippen LogP contribution is 2.29. The quantitative estimate of drug-likeness (QED) is 0.0671. The SMILES string of the molecule is Cc1ncsc1-c1ccc(CNC(=O)C2CC(O)CN2C(=O)C(NC(=O)CCOCCOCCNC(=O)c2ccc(-c3cnc(NCc4ccco4)n4cnnc34)cc2)C(C)(C)C)cc1. The Hall–Kier alpha value is -6.54. The number of carbonyl (C=O) groups is 4. The number of rotatable bonds is 20. The van der Waals surface area contributed by atoms with Crippen LogP contribution < -0.4 is 21.3 Å². The number of nitrogens with zero attached hydrogens (tertiary/aromatic N) is 6. The average Bonchev–Trinajstić information content (AvgIpc) is 4.14. The number of ether oxygens (including phenoxy) is 2. The molecule has 3 unspecified atom stereocenters. The fourth-order valence-electron chi connectivity index (χ4n) is 7.37. The lowest BCUT2D eigenvalue weighted by Gasteiger charge is -2.35. The second-order valence-corrected chi connectivity index (χ2v) is 17.6. The minimum atomic E-state index is -0.947. The van der Waals surface area contributed by atoms with Gasteiger partial charge in [-0.3, -0.25) is 23.6 Å². The Labute approximate surface area is 380 Å². The molecule has 2 aromatic carbocycles. The lowest BCUT2D eigenvalue weighted by atomic mass is 9.85. The molecule has 3 atom stereocenters. The van der Waals surface area contributed by atoms with E-state index in [0.29, 0.717) is 23.7 Å². The number of carbonyl (C=O) groups excluding carboxylic acids is 4. The highest BCUT2D eigenvalue weighted by atomic mass is 32.1. The molecule has 0 bridgehead atoms. The highest BCUT2D eigenvalue weighted by molar-refractivity contribution is 7.13. The van der Waals surface area contributed by atoms with Crippen LogP contribution in [0.25, 0.3) is 27.2 Å². The minimum absolute atomic E-state index is 0.00199. The van der Waals surface area contributed by atoms with Crippen molar-refractivity contribution in [2.45, 2.75) is 71.8 Å². The molecular formula is C46H54N10O8S. The van der Waals surface area contributed by atoms with Crippen LogP contribution >= 0.6 is 11.3 Å². The molecule has 6 aromatic rings. The molecule has 0 spiro atoms. The van der Waals surface area contributed by atoms with E-state index in [4.69, 9.17) is 13.9 Å². The number of hydrogen-bond donors (Lipinski definition) is 5. The summed E-state index contributed by atoms with van der Waals surface area (Å²) in [6, 6.07) is 16.8. The maximum atomic E-state index is 13.9. The van der Waals surface area contributed by atoms with Crippen molar-refractivity contribution in [3.05, 3.63) is 108 Å². The number of hydrogen-bond acceptors (Lipinski definition) is 14. The average molecular weight is 907 g/mol. The maximum absolute atomic E-state index is 13.9. The summed E-state index contributed by atoms with van der Waals surface area (Å²) in [5.74, 6) is -0.117. The van der Waals surface area contributed by atoms with Gasteiger partial charge in [0.2, 0.25) is 23.7 Å². The Balaban J connectivity index is 0.788. The van der Waals surface area contributed by atoms with Crippen molar-refractivity contribution < 1.29 is 38.2 Å². The van der Waals surface area contributed by atoms with Crippen LogP contribution in [0.1, 0.15) is 61.0 Å². The maximum Gasteiger partial charge on any atom is 0.251 e. The van der Waals surface area contributed by atoms with Crippen molar-refractivity contribution in [3.63, 3.8) is 0 Å². The zero-order chi connectivity index (χ0) is 45.9. The molecule has 0 radical (unpaired) electrons. The zero-order valence-corrected chi connectivity index (χ0v) is 37.6. The molecule has 0 aliphatic carbocycles. The van der Waals surface area contributed by atoms with Crippen molar-refractivity contribution in [1.29, 1.82) is 0 Å². The predicted octanol–water partition coefficient (Wildman–Crippen LogP) is 4.39. The molecule has 342 valence electrons. The molecule has 18 nitrogen and oxygen atoms in total. The molecule has 4 aromatic heterocycles. The summed E-state index contributed by atoms with van der Waals surface area (Å²) < 4.78 is 18.4. The van der Waals surface area contributed by atoms with Gasteiger partial charge in [0.05, 0.1) is 61.4 Å². The van der Waals surface area contributed by atoms with Crippen LogP contribution in [-0.4, -0.2) is 116 Å². The van der Waals surface area contributed by atoms with E-state index in [0.717, 1.165) is 38.6 Å². The molecule has 7 rings (SSSR count). The van der Waals surface area contributed by atoms with Gasteiger partial charge in [-0.05, 0) is 53.3 Å². The van der Waals surface area contributed by atoms with Crippen molar-refractivity contribution >= 4 is 46.6 Å². The van der Waals surface area contributed by atoms with E-state index < -0.39 is 29.5 Å². The fraction of sp³-hybridized carbons (Fsp3) is 0.391. The van der Waals surface area contributed by atoms with Gasteiger partial charge in [0, 0.05) is 49.8 Å². The summed E-state index contributed by atoms with van der Waals surface area (Å²) in [6.45, 7) is 9.25. The van der Waals surface area contributed by atoms with Crippen molar-refractivity contribution in [1.82, 2.24) is 45.4 Å². The second kappa shape index (κ2) is 21.4. The molecule has 0 saturated carbocycles. The van der Waals surface area contributed by atoms with Crippen LogP contribution in [0.4, 0.5) is 5.95 Å². The first-order valence-electron chi connectivity index (χ1n) is 21.4. The molecule has 65 heavy (non-hydrogen) atoms. The molecule has 1 fully saturated rings. The highest BCUT2D eigenvalue weighted by Gasteiger charge is 2.44. The van der Waals surface area contributed by atoms with Gasteiger partial charge in [0.1, 0.15) is 24.2 Å². The Bertz CT molecular complexity index is 2540. The van der Waals surface area contributed by atoms with E-state index in [9.17, 15) is 24.3 Å². The molecule has 1 aliphatic heterocycles. The number of likely N-dealkylation sites (tertiary alicyclic amines) is 1. The minimum Gasteiger partial charge on any atom is -0.467 e. The van der Waals surface area contributed by atoms with Crippen LogP contribution in [0.5, 0.6) is 0 Å². The number of anilines is 1. The van der Waals surface area contributed by atoms with Gasteiger partial charge in [-0.1, -0.05) is 57.2 Å². The van der Waals surface area contributed by atoms with Crippen LogP contribution in [0.15, 0.2) is 89.4 Å². The number of amides is 4. The van der Waals surface area contributed by atoms with Crippen molar-refractivity contribution in [2.24, 2.45) is 5.41 Å². The first-order valence-corrected chi connectivity index (χ1v) is 22.3. The largest absolute Gasteiger partial charge is 0.467 e. The smallest absolute Gasteiger partial charge is 0.251 e. The van der Waals surface area contributed by atoms with E-state index in [-0.39, 0.29) is 76.6 Å². The number of aryl methyl sites for hydroxylation is 1. The number of aliphatic hydroxyl groups excluding tert-OH is 1. The number of fused-ring (bicyclic) bond motifs is 1. The zero-order valence-electron chi connectivity index (χ0n) is 36.8. The first-order chi connectivity index (χ1) is 31.4. The van der Waals surface area contributed by atoms with Crippen LogP contribution in [0.2, 0.25) is 0 Å². The summed E-state index contributed by atoms with van der Waals surface area (Å²) in [5.41, 5.74) is 6.68. The normalized spacial score (nSPS) is 15.5. The Morgan fingerprint density at radius 1 is 0.938 bits per heavy atom. The topological polar surface area (TPSA) is 227 Å². The van der Waals surface area contributed by atoms with Crippen LogP contribution in [-0.2, 0) is 36.9 Å². The summed E-state index contributed by atoms with van der Waals surface area (Å²) in [5, 5.41) is 30.7. The Morgan fingerprint density at radius 3 is 2.40 bits per heavy atom. The van der Waals surface area contributed by atoms with Gasteiger partial charge in [0.15, 0.2) is 5.65 Å². The first kappa shape index (κ1) is 46.5. The van der Waals surface area contributed by atoms with Crippen molar-refractivity contribution in [2.75, 3.05) is 44.8 Å². The lowest BCUT2D eigenvalue weighted by Crippen LogP contribution is -2.57. The number of thiazole rings is 1. The van der Waals surface area contributed by atoms with Gasteiger partial charge < -0.3 is 45.2 Å². The molecule has 4 amide bonds. The third-order valence-electron chi connectivity index (χ3n) is 10.9. The molecule has 1 aliphatic rings. The molecular weight excluding hydrogens is 853 g/mol. The van der Waals surface area contributed by atoms with Crippen molar-refractivity contribution in [3.8, 4) is 21.6 Å². The van der Waals surface area contributed by atoms with E-state index in [1.165, 1.54) is 4.90 Å². The van der Waals surface area contributed by atoms with Gasteiger partial charge in [-0.2, -0.15) is 0 Å². The number of aliphatic hydroxyl groups is 1.